The Balaban J connectivity index is 2.10. The van der Waals surface area contributed by atoms with Crippen molar-refractivity contribution in [1.29, 1.82) is 0 Å². The molecule has 2 atom stereocenters. The predicted octanol–water partition coefficient (Wildman–Crippen LogP) is 1.58. The molecule has 0 bridgehead atoms. The summed E-state index contributed by atoms with van der Waals surface area (Å²) in [4.78, 5) is 20.7. The highest BCUT2D eigenvalue weighted by molar-refractivity contribution is 7.60. The number of rotatable bonds is 1. The fourth-order valence-corrected chi connectivity index (χ4v) is 3.86. The molecule has 5 heteroatoms. The number of fused-ring (bicyclic) bond motifs is 3. The maximum atomic E-state index is 11.3. The Hall–Kier alpha value is -0.830. The molecule has 1 aliphatic heterocycles. The van der Waals surface area contributed by atoms with Crippen molar-refractivity contribution < 1.29 is 14.4 Å². The molecule has 0 aromatic heterocycles. The monoisotopic (exact) mass is 253 g/mol. The second-order valence-electron chi connectivity index (χ2n) is 5.00. The smallest absolute Gasteiger partial charge is 0.356 e. The van der Waals surface area contributed by atoms with Crippen LogP contribution >= 0.6 is 7.60 Å². The lowest BCUT2D eigenvalue weighted by Crippen LogP contribution is -2.26. The molecule has 0 saturated heterocycles. The number of hydrogen-bond acceptors (Lipinski definition) is 2. The summed E-state index contributed by atoms with van der Waals surface area (Å²) in [6.07, 6.45) is 3.52. The van der Waals surface area contributed by atoms with Crippen LogP contribution in [-0.4, -0.2) is 22.9 Å². The van der Waals surface area contributed by atoms with Crippen LogP contribution in [-0.2, 0) is 4.57 Å². The Bertz CT molecular complexity index is 510. The van der Waals surface area contributed by atoms with E-state index in [1.165, 1.54) is 12.8 Å². The molecule has 92 valence electrons. The molecule has 3 rings (SSSR count). The Morgan fingerprint density at radius 2 is 2.12 bits per heavy atom. The standard InChI is InChI=1S/C12H16NO3P/c1-13-11-4-2-3-9(11)10-7-8(17(14,15)16)5-6-12(10)13/h5-7,9,11H,2-4H2,1H3,(H2,14,15,16). The van der Waals surface area contributed by atoms with Gasteiger partial charge in [0.1, 0.15) is 0 Å². The Labute approximate surface area is 100 Å². The van der Waals surface area contributed by atoms with Gasteiger partial charge in [-0.1, -0.05) is 6.42 Å². The van der Waals surface area contributed by atoms with E-state index >= 15 is 0 Å². The van der Waals surface area contributed by atoms with Crippen molar-refractivity contribution in [3.05, 3.63) is 23.8 Å². The zero-order valence-electron chi connectivity index (χ0n) is 9.71. The largest absolute Gasteiger partial charge is 0.371 e. The first kappa shape index (κ1) is 11.3. The number of likely N-dealkylation sites (N-methyl/N-ethyl adjacent to an activating group) is 1. The molecule has 17 heavy (non-hydrogen) atoms. The maximum absolute atomic E-state index is 11.3. The van der Waals surface area contributed by atoms with E-state index in [9.17, 15) is 14.4 Å². The summed E-state index contributed by atoms with van der Waals surface area (Å²) in [7, 11) is -2.05. The molecular weight excluding hydrogens is 237 g/mol. The molecule has 1 heterocycles. The number of anilines is 1. The topological polar surface area (TPSA) is 60.8 Å². The van der Waals surface area contributed by atoms with Crippen LogP contribution in [0.4, 0.5) is 5.69 Å². The molecular formula is C12H16NO3P. The second-order valence-corrected chi connectivity index (χ2v) is 6.61. The van der Waals surface area contributed by atoms with E-state index in [1.54, 1.807) is 12.1 Å². The van der Waals surface area contributed by atoms with Crippen molar-refractivity contribution in [2.24, 2.45) is 0 Å². The molecule has 0 spiro atoms. The van der Waals surface area contributed by atoms with E-state index in [1.807, 2.05) is 6.07 Å². The second kappa shape index (κ2) is 3.58. The van der Waals surface area contributed by atoms with Crippen LogP contribution in [0.25, 0.3) is 0 Å². The van der Waals surface area contributed by atoms with Crippen LogP contribution in [0.2, 0.25) is 0 Å². The SMILES string of the molecule is CN1c2ccc(P(=O)(O)O)cc2C2CCCC21. The van der Waals surface area contributed by atoms with Gasteiger partial charge in [0.15, 0.2) is 0 Å². The van der Waals surface area contributed by atoms with Crippen molar-refractivity contribution in [2.75, 3.05) is 11.9 Å². The molecule has 1 aromatic rings. The number of benzene rings is 1. The van der Waals surface area contributed by atoms with Crippen LogP contribution in [0.3, 0.4) is 0 Å². The van der Waals surface area contributed by atoms with Gasteiger partial charge in [0.05, 0.1) is 5.30 Å². The fraction of sp³-hybridized carbons (Fsp3) is 0.500. The summed E-state index contributed by atoms with van der Waals surface area (Å²) in [5, 5.41) is 0.150. The Kier molecular flexibility index (Phi) is 2.37. The molecule has 1 aliphatic carbocycles. The van der Waals surface area contributed by atoms with Crippen LogP contribution < -0.4 is 10.2 Å². The third kappa shape index (κ3) is 1.63. The maximum Gasteiger partial charge on any atom is 0.356 e. The first-order valence-corrected chi connectivity index (χ1v) is 7.52. The van der Waals surface area contributed by atoms with Gasteiger partial charge in [-0.05, 0) is 36.6 Å². The van der Waals surface area contributed by atoms with Gasteiger partial charge in [-0.25, -0.2) is 0 Å². The highest BCUT2D eigenvalue weighted by Gasteiger charge is 2.40. The van der Waals surface area contributed by atoms with E-state index in [-0.39, 0.29) is 5.30 Å². The van der Waals surface area contributed by atoms with Crippen LogP contribution in [0.1, 0.15) is 30.7 Å². The molecule has 1 fully saturated rings. The van der Waals surface area contributed by atoms with E-state index in [0.717, 1.165) is 17.7 Å². The lowest BCUT2D eigenvalue weighted by Gasteiger charge is -2.21. The highest BCUT2D eigenvalue weighted by atomic mass is 31.2. The van der Waals surface area contributed by atoms with Crippen molar-refractivity contribution >= 4 is 18.6 Å². The molecule has 2 unspecified atom stereocenters. The van der Waals surface area contributed by atoms with Gasteiger partial charge in [-0.2, -0.15) is 0 Å². The van der Waals surface area contributed by atoms with Gasteiger partial charge in [0.2, 0.25) is 0 Å². The van der Waals surface area contributed by atoms with E-state index in [2.05, 4.69) is 11.9 Å². The summed E-state index contributed by atoms with van der Waals surface area (Å²) in [6.45, 7) is 0. The minimum absolute atomic E-state index is 0.150. The number of hydrogen-bond donors (Lipinski definition) is 2. The molecule has 1 aromatic carbocycles. The lowest BCUT2D eigenvalue weighted by molar-refractivity contribution is 0.387. The molecule has 0 amide bonds. The summed E-state index contributed by atoms with van der Waals surface area (Å²) in [6, 6.07) is 5.64. The summed E-state index contributed by atoms with van der Waals surface area (Å²) in [5.74, 6) is 0.460. The zero-order valence-corrected chi connectivity index (χ0v) is 10.6. The van der Waals surface area contributed by atoms with Crippen molar-refractivity contribution in [3.63, 3.8) is 0 Å². The average molecular weight is 253 g/mol. The summed E-state index contributed by atoms with van der Waals surface area (Å²) < 4.78 is 11.3. The van der Waals surface area contributed by atoms with Crippen LogP contribution in [0.15, 0.2) is 18.2 Å². The Morgan fingerprint density at radius 1 is 1.35 bits per heavy atom. The first-order chi connectivity index (χ1) is 7.98. The Morgan fingerprint density at radius 3 is 2.82 bits per heavy atom. The first-order valence-electron chi connectivity index (χ1n) is 5.91. The van der Waals surface area contributed by atoms with Crippen molar-refractivity contribution in [1.82, 2.24) is 0 Å². The summed E-state index contributed by atoms with van der Waals surface area (Å²) in [5.41, 5.74) is 2.26. The predicted molar refractivity (Wildman–Crippen MR) is 66.9 cm³/mol. The van der Waals surface area contributed by atoms with E-state index in [4.69, 9.17) is 0 Å². The third-order valence-electron chi connectivity index (χ3n) is 4.10. The third-order valence-corrected chi connectivity index (χ3v) is 5.05. The minimum atomic E-state index is -4.12. The van der Waals surface area contributed by atoms with Gasteiger partial charge in [0, 0.05) is 24.7 Å². The normalized spacial score (nSPS) is 27.1. The van der Waals surface area contributed by atoms with Gasteiger partial charge in [-0.3, -0.25) is 4.57 Å². The van der Waals surface area contributed by atoms with E-state index in [0.29, 0.717) is 12.0 Å². The zero-order chi connectivity index (χ0) is 12.2. The quantitative estimate of drug-likeness (QED) is 0.746. The van der Waals surface area contributed by atoms with E-state index < -0.39 is 7.60 Å². The minimum Gasteiger partial charge on any atom is -0.371 e. The van der Waals surface area contributed by atoms with Gasteiger partial charge in [0.25, 0.3) is 0 Å². The molecule has 4 nitrogen and oxygen atoms in total. The molecule has 0 radical (unpaired) electrons. The van der Waals surface area contributed by atoms with Crippen LogP contribution in [0, 0.1) is 0 Å². The molecule has 2 aliphatic rings. The van der Waals surface area contributed by atoms with Gasteiger partial charge in [-0.15, -0.1) is 0 Å². The fourth-order valence-electron chi connectivity index (χ4n) is 3.29. The highest BCUT2D eigenvalue weighted by Crippen LogP contribution is 2.49. The summed E-state index contributed by atoms with van der Waals surface area (Å²) >= 11 is 0. The number of nitrogens with zero attached hydrogens (tertiary/aromatic N) is 1. The molecule has 1 saturated carbocycles. The average Bonchev–Trinajstić information content (AvgIpc) is 2.82. The van der Waals surface area contributed by atoms with Gasteiger partial charge < -0.3 is 14.7 Å². The molecule has 2 N–H and O–H groups in total. The van der Waals surface area contributed by atoms with Crippen molar-refractivity contribution in [2.45, 2.75) is 31.2 Å². The van der Waals surface area contributed by atoms with Crippen LogP contribution in [0.5, 0.6) is 0 Å². The van der Waals surface area contributed by atoms with Gasteiger partial charge >= 0.3 is 7.60 Å². The lowest BCUT2D eigenvalue weighted by atomic mass is 9.98. The van der Waals surface area contributed by atoms with Crippen molar-refractivity contribution in [3.8, 4) is 0 Å².